The van der Waals surface area contributed by atoms with Gasteiger partial charge in [-0.1, -0.05) is 17.3 Å². The zero-order chi connectivity index (χ0) is 18.7. The summed E-state index contributed by atoms with van der Waals surface area (Å²) in [7, 11) is 0. The molecule has 0 amide bonds. The topological polar surface area (TPSA) is 132 Å². The predicted molar refractivity (Wildman–Crippen MR) is 96.9 cm³/mol. The minimum absolute atomic E-state index is 0.0992. The molecule has 0 saturated carbocycles. The summed E-state index contributed by atoms with van der Waals surface area (Å²) in [5.41, 5.74) is 6.65. The summed E-state index contributed by atoms with van der Waals surface area (Å²) in [6.45, 7) is 0. The molecule has 0 unspecified atom stereocenters. The van der Waals surface area contributed by atoms with Crippen molar-refractivity contribution in [3.63, 3.8) is 0 Å². The molecule has 0 fully saturated rings. The lowest BCUT2D eigenvalue weighted by atomic mass is 10.0. The van der Waals surface area contributed by atoms with Crippen LogP contribution in [-0.4, -0.2) is 16.0 Å². The maximum Gasteiger partial charge on any atom is 0.269 e. The zero-order valence-electron chi connectivity index (χ0n) is 13.3. The van der Waals surface area contributed by atoms with Gasteiger partial charge in [-0.25, -0.2) is 0 Å². The van der Waals surface area contributed by atoms with E-state index in [-0.39, 0.29) is 28.1 Å². The lowest BCUT2D eigenvalue weighted by Gasteiger charge is -2.06. The first-order valence-electron chi connectivity index (χ1n) is 7.46. The van der Waals surface area contributed by atoms with Crippen LogP contribution in [0.2, 0.25) is 0 Å². The number of hydrogen-bond acceptors (Lipinski definition) is 6. The van der Waals surface area contributed by atoms with Gasteiger partial charge in [0, 0.05) is 17.7 Å². The van der Waals surface area contributed by atoms with Gasteiger partial charge in [-0.3, -0.25) is 14.9 Å². The van der Waals surface area contributed by atoms with E-state index in [1.807, 2.05) is 0 Å². The smallest absolute Gasteiger partial charge is 0.269 e. The van der Waals surface area contributed by atoms with E-state index in [0.717, 1.165) is 0 Å². The van der Waals surface area contributed by atoms with Crippen LogP contribution >= 0.6 is 0 Å². The molecule has 0 bridgehead atoms. The van der Waals surface area contributed by atoms with Gasteiger partial charge in [0.15, 0.2) is 11.3 Å². The molecule has 26 heavy (non-hydrogen) atoms. The van der Waals surface area contributed by atoms with Crippen LogP contribution in [0.15, 0.2) is 69.2 Å². The second-order valence-corrected chi connectivity index (χ2v) is 5.36. The lowest BCUT2D eigenvalue weighted by molar-refractivity contribution is -0.384. The van der Waals surface area contributed by atoms with Gasteiger partial charge in [-0.05, 0) is 35.9 Å². The second kappa shape index (κ2) is 6.89. The van der Waals surface area contributed by atoms with Crippen molar-refractivity contribution in [2.75, 3.05) is 0 Å². The Morgan fingerprint density at radius 3 is 2.54 bits per heavy atom. The highest BCUT2D eigenvalue weighted by atomic mass is 16.6. The number of amidine groups is 1. The lowest BCUT2D eigenvalue weighted by Crippen LogP contribution is -2.15. The molecule has 130 valence electrons. The summed E-state index contributed by atoms with van der Waals surface area (Å²) < 4.78 is 5.45. The molecule has 0 aliphatic heterocycles. The van der Waals surface area contributed by atoms with Gasteiger partial charge in [-0.2, -0.15) is 0 Å². The SMILES string of the molecule is NC(=N\O)/C(=C\c1coc2ccccc2c1=O)c1ccc([N+](=O)[O-])cc1. The van der Waals surface area contributed by atoms with E-state index < -0.39 is 4.92 Å². The van der Waals surface area contributed by atoms with Crippen molar-refractivity contribution in [3.8, 4) is 0 Å². The number of nitrogens with zero attached hydrogens (tertiary/aromatic N) is 2. The summed E-state index contributed by atoms with van der Waals surface area (Å²) in [5, 5.41) is 23.2. The molecule has 1 heterocycles. The van der Waals surface area contributed by atoms with Crippen molar-refractivity contribution >= 4 is 34.1 Å². The van der Waals surface area contributed by atoms with Crippen LogP contribution in [0.25, 0.3) is 22.6 Å². The van der Waals surface area contributed by atoms with E-state index in [1.165, 1.54) is 36.6 Å². The highest BCUT2D eigenvalue weighted by molar-refractivity contribution is 6.26. The van der Waals surface area contributed by atoms with Gasteiger partial charge in [0.05, 0.1) is 15.9 Å². The van der Waals surface area contributed by atoms with E-state index in [9.17, 15) is 14.9 Å². The van der Waals surface area contributed by atoms with E-state index >= 15 is 0 Å². The summed E-state index contributed by atoms with van der Waals surface area (Å²) >= 11 is 0. The maximum absolute atomic E-state index is 12.6. The molecule has 1 aromatic heterocycles. The monoisotopic (exact) mass is 351 g/mol. The Balaban J connectivity index is 2.16. The Hall–Kier alpha value is -3.94. The first kappa shape index (κ1) is 16.9. The fourth-order valence-corrected chi connectivity index (χ4v) is 2.47. The molecular weight excluding hydrogens is 338 g/mol. The maximum atomic E-state index is 12.6. The van der Waals surface area contributed by atoms with E-state index in [0.29, 0.717) is 16.5 Å². The van der Waals surface area contributed by atoms with Crippen LogP contribution < -0.4 is 11.2 Å². The minimum atomic E-state index is -0.533. The highest BCUT2D eigenvalue weighted by Gasteiger charge is 2.13. The Bertz CT molecular complexity index is 1100. The molecule has 8 heteroatoms. The van der Waals surface area contributed by atoms with Crippen molar-refractivity contribution in [1.29, 1.82) is 0 Å². The van der Waals surface area contributed by atoms with Crippen molar-refractivity contribution < 1.29 is 14.5 Å². The highest BCUT2D eigenvalue weighted by Crippen LogP contribution is 2.22. The first-order chi connectivity index (χ1) is 12.5. The second-order valence-electron chi connectivity index (χ2n) is 5.36. The van der Waals surface area contributed by atoms with Gasteiger partial charge in [0.1, 0.15) is 11.8 Å². The van der Waals surface area contributed by atoms with E-state index in [1.54, 1.807) is 24.3 Å². The third-order valence-electron chi connectivity index (χ3n) is 3.78. The number of para-hydroxylation sites is 1. The third-order valence-corrected chi connectivity index (χ3v) is 3.78. The molecule has 0 atom stereocenters. The quantitative estimate of drug-likeness (QED) is 0.244. The molecule has 3 rings (SSSR count). The molecular formula is C18H13N3O5. The molecule has 3 N–H and O–H groups in total. The molecule has 0 aliphatic rings. The molecule has 3 aromatic rings. The van der Waals surface area contributed by atoms with Crippen LogP contribution in [0.3, 0.4) is 0 Å². The normalized spacial score (nSPS) is 12.3. The van der Waals surface area contributed by atoms with Crippen LogP contribution in [0.4, 0.5) is 5.69 Å². The summed E-state index contributed by atoms with van der Waals surface area (Å²) in [4.78, 5) is 22.9. The average molecular weight is 351 g/mol. The van der Waals surface area contributed by atoms with Crippen molar-refractivity contribution in [2.45, 2.75) is 0 Å². The van der Waals surface area contributed by atoms with Gasteiger partial charge in [-0.15, -0.1) is 0 Å². The molecule has 0 radical (unpaired) electrons. The number of oxime groups is 1. The molecule has 0 spiro atoms. The number of nitro benzene ring substituents is 1. The summed E-state index contributed by atoms with van der Waals surface area (Å²) in [6, 6.07) is 12.2. The van der Waals surface area contributed by atoms with Crippen molar-refractivity contribution in [1.82, 2.24) is 0 Å². The number of rotatable bonds is 4. The number of fused-ring (bicyclic) bond motifs is 1. The van der Waals surface area contributed by atoms with Crippen molar-refractivity contribution in [3.05, 3.63) is 86.3 Å². The number of non-ortho nitro benzene ring substituents is 1. The number of benzene rings is 2. The van der Waals surface area contributed by atoms with Gasteiger partial charge in [0.25, 0.3) is 5.69 Å². The van der Waals surface area contributed by atoms with Crippen LogP contribution in [0, 0.1) is 10.1 Å². The van der Waals surface area contributed by atoms with Gasteiger partial charge in [0.2, 0.25) is 0 Å². The first-order valence-corrected chi connectivity index (χ1v) is 7.46. The average Bonchev–Trinajstić information content (AvgIpc) is 2.67. The van der Waals surface area contributed by atoms with E-state index in [4.69, 9.17) is 15.4 Å². The van der Waals surface area contributed by atoms with E-state index in [2.05, 4.69) is 5.16 Å². The molecule has 8 nitrogen and oxygen atoms in total. The predicted octanol–water partition coefficient (Wildman–Crippen LogP) is 2.99. The molecule has 0 saturated heterocycles. The fraction of sp³-hybridized carbons (Fsp3) is 0. The van der Waals surface area contributed by atoms with Crippen LogP contribution in [0.1, 0.15) is 11.1 Å². The number of nitro groups is 1. The van der Waals surface area contributed by atoms with Crippen LogP contribution in [-0.2, 0) is 0 Å². The Kier molecular flexibility index (Phi) is 4.48. The number of hydrogen-bond donors (Lipinski definition) is 2. The number of nitrogens with two attached hydrogens (primary N) is 1. The summed E-state index contributed by atoms with van der Waals surface area (Å²) in [6.07, 6.45) is 2.69. The largest absolute Gasteiger partial charge is 0.463 e. The zero-order valence-corrected chi connectivity index (χ0v) is 13.3. The minimum Gasteiger partial charge on any atom is -0.463 e. The third kappa shape index (κ3) is 3.16. The Morgan fingerprint density at radius 2 is 1.88 bits per heavy atom. The Morgan fingerprint density at radius 1 is 1.19 bits per heavy atom. The van der Waals surface area contributed by atoms with Gasteiger partial charge >= 0.3 is 0 Å². The standard InChI is InChI=1S/C18H13N3O5/c19-18(20-23)15(11-5-7-13(8-6-11)21(24)25)9-12-10-26-16-4-2-1-3-14(16)17(12)22/h1-10,23H,(H2,19,20)/b15-9-. The Labute approximate surface area is 146 Å². The van der Waals surface area contributed by atoms with Crippen LogP contribution in [0.5, 0.6) is 0 Å². The van der Waals surface area contributed by atoms with Crippen molar-refractivity contribution in [2.24, 2.45) is 10.9 Å². The fourth-order valence-electron chi connectivity index (χ4n) is 2.47. The molecule has 2 aromatic carbocycles. The molecule has 0 aliphatic carbocycles. The summed E-state index contributed by atoms with van der Waals surface area (Å²) in [5.74, 6) is -0.244. The van der Waals surface area contributed by atoms with Gasteiger partial charge < -0.3 is 15.4 Å².